The maximum Gasteiger partial charge on any atom is 0.190 e. The van der Waals surface area contributed by atoms with E-state index in [0.29, 0.717) is 100 Å². The predicted molar refractivity (Wildman–Crippen MR) is 379 cm³/mol. The van der Waals surface area contributed by atoms with Crippen LogP contribution in [-0.2, 0) is 42.9 Å². The van der Waals surface area contributed by atoms with E-state index >= 15 is 0 Å². The van der Waals surface area contributed by atoms with Gasteiger partial charge in [0.2, 0.25) is 0 Å². The standard InChI is InChI=1S/C27H34ClFO8.C25H30ClFO8.C24H30ClNO6/c1-2-35-18-6-4-16(5-7-18)10-17-11-19(26-25(33)24(32)23(31)22(13-30)37-26)21(12-20(17)28)36-9-3-8-27(29)14-34-15-27;1-2-33-16-5-3-14(4-6-16)7-15-8-17(24-23(31)22(30)21(29)20(10-28)35-24)19(9-18(15)26)34-13-25(27)11-32-12-25;1-13-2-4-14(5-3-13)6-16-7-17(19(8-18(16)25)31-12-15-9-26-10-15)24-23(30)22(29)21(28)20(11-27)32-24/h4-7,11-12,22-26,30-33H,2-3,8-10,13-15H2,1H3;3-6,8-9,20-24,28-31H,2,7,10-13H2,1H3;2-5,7-8,15,20-24,26-30H,6,9-12H2,1H3/t22-,23-,24+,25-,26+;2*20-,21-,22+,23-,24+/m111/s1. The molecule has 6 aliphatic rings. The van der Waals surface area contributed by atoms with Gasteiger partial charge in [-0.1, -0.05) is 88.9 Å². The first-order valence-corrected chi connectivity index (χ1v) is 36.0. The topological polar surface area (TPSA) is 347 Å². The lowest BCUT2D eigenvalue weighted by Gasteiger charge is -2.41. The fourth-order valence-corrected chi connectivity index (χ4v) is 13.5. The second-order valence-electron chi connectivity index (χ2n) is 27.2. The molecule has 23 nitrogen and oxygen atoms in total. The molecule has 6 saturated heterocycles. The van der Waals surface area contributed by atoms with Crippen molar-refractivity contribution < 1.29 is 117 Å². The van der Waals surface area contributed by atoms with Gasteiger partial charge in [0.1, 0.15) is 127 Å². The first-order chi connectivity index (χ1) is 49.9. The SMILES string of the molecule is CCOc1ccc(Cc2cc([C@@H]3O[C@H](CO)[C@@H](O)[C@H](O)[C@H]3O)c(OCC3(F)COC3)cc2Cl)cc1.CCOc1ccc(Cc2cc([C@@H]3O[C@H](CO)[C@@H](O)[C@H](O)[C@H]3O)c(OCCCC3(F)COC3)cc2Cl)cc1.Cc1ccc(Cc2cc([C@@H]3O[C@H](CO)[C@@H](O)[C@H](O)[C@H]3O)c(OCC3CNC3)cc2Cl)cc1. The van der Waals surface area contributed by atoms with Gasteiger partial charge in [-0.25, -0.2) is 8.78 Å². The molecule has 0 aromatic heterocycles. The average molecular weight is 1520 g/mol. The van der Waals surface area contributed by atoms with E-state index < -0.39 is 123 Å². The van der Waals surface area contributed by atoms with Crippen molar-refractivity contribution in [3.8, 4) is 28.7 Å². The van der Waals surface area contributed by atoms with E-state index in [9.17, 15) is 70.1 Å². The predicted octanol–water partition coefficient (Wildman–Crippen LogP) is 6.06. The molecule has 15 atom stereocenters. The van der Waals surface area contributed by atoms with Crippen LogP contribution in [0.4, 0.5) is 8.78 Å². The van der Waals surface area contributed by atoms with E-state index in [1.54, 1.807) is 24.3 Å². The van der Waals surface area contributed by atoms with Gasteiger partial charge in [-0.15, -0.1) is 0 Å². The minimum atomic E-state index is -1.64. The Bertz CT molecular complexity index is 3700. The van der Waals surface area contributed by atoms with Gasteiger partial charge in [-0.2, -0.15) is 0 Å². The summed E-state index contributed by atoms with van der Waals surface area (Å²) in [6, 6.07) is 33.3. The van der Waals surface area contributed by atoms with Crippen LogP contribution >= 0.6 is 34.8 Å². The second kappa shape index (κ2) is 37.0. The molecular weight excluding hydrogens is 1420 g/mol. The molecule has 570 valence electrons. The van der Waals surface area contributed by atoms with Gasteiger partial charge >= 0.3 is 0 Å². The molecule has 0 aliphatic carbocycles. The first-order valence-electron chi connectivity index (χ1n) is 34.9. The summed E-state index contributed by atoms with van der Waals surface area (Å²) in [7, 11) is 0. The third kappa shape index (κ3) is 20.0. The fourth-order valence-electron chi connectivity index (χ4n) is 12.8. The van der Waals surface area contributed by atoms with E-state index in [-0.39, 0.29) is 51.8 Å². The molecule has 28 heteroatoms. The van der Waals surface area contributed by atoms with Crippen LogP contribution in [-0.4, -0.2) is 238 Å². The van der Waals surface area contributed by atoms with Crippen LogP contribution in [0.25, 0.3) is 0 Å². The maximum absolute atomic E-state index is 14.5. The number of hydrogen-bond acceptors (Lipinski definition) is 23. The molecule has 0 spiro atoms. The number of aliphatic hydroxyl groups is 12. The van der Waals surface area contributed by atoms with Gasteiger partial charge in [0, 0.05) is 50.8 Å². The smallest absolute Gasteiger partial charge is 0.190 e. The van der Waals surface area contributed by atoms with Gasteiger partial charge in [-0.3, -0.25) is 0 Å². The van der Waals surface area contributed by atoms with Gasteiger partial charge in [0.15, 0.2) is 11.3 Å². The number of aliphatic hydroxyl groups excluding tert-OH is 12. The Labute approximate surface area is 617 Å². The quantitative estimate of drug-likeness (QED) is 0.0261. The second-order valence-corrected chi connectivity index (χ2v) is 28.4. The van der Waals surface area contributed by atoms with E-state index in [2.05, 4.69) is 5.32 Å². The highest BCUT2D eigenvalue weighted by Gasteiger charge is 2.49. The lowest BCUT2D eigenvalue weighted by Crippen LogP contribution is -2.55. The van der Waals surface area contributed by atoms with E-state index in [0.717, 1.165) is 58.0 Å². The molecule has 0 radical (unpaired) electrons. The summed E-state index contributed by atoms with van der Waals surface area (Å²) in [4.78, 5) is 0. The van der Waals surface area contributed by atoms with Crippen molar-refractivity contribution in [2.24, 2.45) is 5.92 Å². The van der Waals surface area contributed by atoms with Crippen molar-refractivity contribution in [2.75, 3.05) is 92.4 Å². The number of benzene rings is 6. The van der Waals surface area contributed by atoms with Crippen LogP contribution in [0.2, 0.25) is 15.1 Å². The third-order valence-electron chi connectivity index (χ3n) is 19.2. The molecule has 6 heterocycles. The summed E-state index contributed by atoms with van der Waals surface area (Å²) < 4.78 is 84.8. The van der Waals surface area contributed by atoms with Crippen LogP contribution < -0.4 is 29.0 Å². The van der Waals surface area contributed by atoms with Crippen LogP contribution in [0.5, 0.6) is 28.7 Å². The average Bonchev–Trinajstić information content (AvgIpc) is 0.781. The highest BCUT2D eigenvalue weighted by Crippen LogP contribution is 2.45. The van der Waals surface area contributed by atoms with Crippen LogP contribution in [0.1, 0.15) is 101 Å². The van der Waals surface area contributed by atoms with Crippen LogP contribution in [0.15, 0.2) is 109 Å². The van der Waals surface area contributed by atoms with Gasteiger partial charge in [-0.05, 0) is 147 Å². The zero-order valence-corrected chi connectivity index (χ0v) is 60.2. The Balaban J connectivity index is 0.000000168. The van der Waals surface area contributed by atoms with Gasteiger partial charge in [0.25, 0.3) is 0 Å². The molecule has 104 heavy (non-hydrogen) atoms. The molecule has 0 amide bonds. The number of aryl methyl sites for hydroxylation is 1. The van der Waals surface area contributed by atoms with Gasteiger partial charge in [0.05, 0.1) is 72.7 Å². The van der Waals surface area contributed by atoms with E-state index in [4.69, 9.17) is 82.2 Å². The zero-order valence-electron chi connectivity index (χ0n) is 57.9. The summed E-state index contributed by atoms with van der Waals surface area (Å²) in [5.41, 5.74) is 4.65. The lowest BCUT2D eigenvalue weighted by atomic mass is 9.89. The van der Waals surface area contributed by atoms with Gasteiger partial charge < -0.3 is 114 Å². The monoisotopic (exact) mass is 1520 g/mol. The molecule has 12 rings (SSSR count). The molecule has 0 bridgehead atoms. The molecule has 0 saturated carbocycles. The minimum absolute atomic E-state index is 0.0786. The fraction of sp³-hybridized carbons (Fsp3) is 0.526. The van der Waals surface area contributed by atoms with Crippen molar-refractivity contribution in [3.05, 3.63) is 180 Å². The minimum Gasteiger partial charge on any atom is -0.494 e. The molecule has 13 N–H and O–H groups in total. The number of hydrogen-bond donors (Lipinski definition) is 13. The first kappa shape index (κ1) is 80.9. The molecular formula is C76H94Cl3F2NO22. The van der Waals surface area contributed by atoms with Crippen LogP contribution in [0.3, 0.4) is 0 Å². The highest BCUT2D eigenvalue weighted by molar-refractivity contribution is 6.32. The Kier molecular flexibility index (Phi) is 28.7. The Hall–Kier alpha value is -5.67. The summed E-state index contributed by atoms with van der Waals surface area (Å²) in [5, 5.41) is 127. The van der Waals surface area contributed by atoms with Crippen molar-refractivity contribution in [3.63, 3.8) is 0 Å². The maximum atomic E-state index is 14.5. The summed E-state index contributed by atoms with van der Waals surface area (Å²) in [6.07, 6.45) is -17.7. The Morgan fingerprint density at radius 1 is 0.452 bits per heavy atom. The summed E-state index contributed by atoms with van der Waals surface area (Å²) in [5.74, 6) is 2.81. The molecule has 0 unspecified atom stereocenters. The molecule has 6 aromatic carbocycles. The zero-order chi connectivity index (χ0) is 74.6. The van der Waals surface area contributed by atoms with E-state index in [1.165, 1.54) is 6.07 Å². The number of nitrogens with one attached hydrogen (secondary N) is 1. The lowest BCUT2D eigenvalue weighted by molar-refractivity contribution is -0.232. The number of alkyl halides is 2. The van der Waals surface area contributed by atoms with E-state index in [1.807, 2.05) is 99.6 Å². The highest BCUT2D eigenvalue weighted by atomic mass is 35.5. The van der Waals surface area contributed by atoms with Crippen molar-refractivity contribution in [1.29, 1.82) is 0 Å². The summed E-state index contributed by atoms with van der Waals surface area (Å²) in [6.45, 7) is 7.42. The molecule has 6 aromatic rings. The Morgan fingerprint density at radius 3 is 1.13 bits per heavy atom. The van der Waals surface area contributed by atoms with Crippen molar-refractivity contribution in [1.82, 2.24) is 5.32 Å². The number of halogens is 5. The van der Waals surface area contributed by atoms with Crippen molar-refractivity contribution in [2.45, 2.75) is 156 Å². The van der Waals surface area contributed by atoms with Crippen LogP contribution in [0, 0.1) is 12.8 Å². The number of rotatable bonds is 27. The molecule has 6 aliphatic heterocycles. The summed E-state index contributed by atoms with van der Waals surface area (Å²) >= 11 is 19.8. The van der Waals surface area contributed by atoms with Crippen molar-refractivity contribution >= 4 is 34.8 Å². The number of ether oxygens (including phenoxy) is 10. The third-order valence-corrected chi connectivity index (χ3v) is 20.3. The normalized spacial score (nSPS) is 27.7. The molecule has 6 fully saturated rings. The Morgan fingerprint density at radius 2 is 0.808 bits per heavy atom. The largest absolute Gasteiger partial charge is 0.494 e.